The zero-order valence-corrected chi connectivity index (χ0v) is 18.2. The largest absolute Gasteiger partial charge is 0.497 e. The smallest absolute Gasteiger partial charge is 0.159 e. The second-order valence-corrected chi connectivity index (χ2v) is 8.74. The minimum Gasteiger partial charge on any atom is -0.497 e. The summed E-state index contributed by atoms with van der Waals surface area (Å²) in [5.41, 5.74) is 1.22. The quantitative estimate of drug-likeness (QED) is 0.699. The average Bonchev–Trinajstić information content (AvgIpc) is 2.72. The Balaban J connectivity index is 1.66. The fourth-order valence-electron chi connectivity index (χ4n) is 4.30. The number of hydrogen-bond acceptors (Lipinski definition) is 6. The van der Waals surface area contributed by atoms with Gasteiger partial charge in [0.2, 0.25) is 0 Å². The second kappa shape index (κ2) is 8.20. The van der Waals surface area contributed by atoms with Gasteiger partial charge in [0.15, 0.2) is 5.82 Å². The summed E-state index contributed by atoms with van der Waals surface area (Å²) in [6.45, 7) is 9.25. The van der Waals surface area contributed by atoms with Gasteiger partial charge in [0, 0.05) is 48.6 Å². The summed E-state index contributed by atoms with van der Waals surface area (Å²) in [4.78, 5) is 4.66. The molecule has 0 saturated carbocycles. The summed E-state index contributed by atoms with van der Waals surface area (Å²) < 4.78 is 5.28. The highest BCUT2D eigenvalue weighted by molar-refractivity contribution is 6.00. The molecule has 3 aromatic rings. The van der Waals surface area contributed by atoms with Gasteiger partial charge in [-0.25, -0.2) is 0 Å². The third-order valence-corrected chi connectivity index (χ3v) is 5.63. The zero-order valence-electron chi connectivity index (χ0n) is 18.2. The molecule has 0 spiro atoms. The maximum atomic E-state index is 10.2. The van der Waals surface area contributed by atoms with Gasteiger partial charge in [-0.05, 0) is 45.0 Å². The first-order valence-corrected chi connectivity index (χ1v) is 10.5. The van der Waals surface area contributed by atoms with Crippen LogP contribution < -0.4 is 9.64 Å². The monoisotopic (exact) mass is 406 g/mol. The van der Waals surface area contributed by atoms with Crippen LogP contribution in [-0.4, -0.2) is 65.1 Å². The van der Waals surface area contributed by atoms with Crippen molar-refractivity contribution in [3.63, 3.8) is 0 Å². The first kappa shape index (κ1) is 20.6. The normalized spacial score (nSPS) is 18.0. The van der Waals surface area contributed by atoms with Crippen LogP contribution in [-0.2, 0) is 0 Å². The summed E-state index contributed by atoms with van der Waals surface area (Å²) in [6, 6.07) is 16.6. The van der Waals surface area contributed by atoms with Gasteiger partial charge in [0.25, 0.3) is 0 Å². The minimum absolute atomic E-state index is 0.283. The van der Waals surface area contributed by atoms with Gasteiger partial charge < -0.3 is 14.7 Å². The Morgan fingerprint density at radius 3 is 2.37 bits per heavy atom. The van der Waals surface area contributed by atoms with E-state index in [1.165, 1.54) is 0 Å². The van der Waals surface area contributed by atoms with E-state index in [1.54, 1.807) is 7.11 Å². The molecular weight excluding hydrogens is 376 g/mol. The molecule has 1 atom stereocenters. The Bertz CT molecular complexity index is 1010. The summed E-state index contributed by atoms with van der Waals surface area (Å²) in [5, 5.41) is 21.7. The van der Waals surface area contributed by atoms with E-state index < -0.39 is 5.60 Å². The van der Waals surface area contributed by atoms with E-state index in [4.69, 9.17) is 4.74 Å². The van der Waals surface area contributed by atoms with Gasteiger partial charge in [-0.15, -0.1) is 10.2 Å². The van der Waals surface area contributed by atoms with Crippen molar-refractivity contribution in [3.8, 4) is 17.0 Å². The highest BCUT2D eigenvalue weighted by atomic mass is 16.5. The number of anilines is 1. The number of piperazine rings is 1. The number of methoxy groups -OCH3 is 1. The lowest BCUT2D eigenvalue weighted by Gasteiger charge is -2.42. The molecule has 0 bridgehead atoms. The van der Waals surface area contributed by atoms with Gasteiger partial charge in [-0.1, -0.05) is 24.3 Å². The Hall–Kier alpha value is -2.70. The van der Waals surface area contributed by atoms with E-state index in [-0.39, 0.29) is 6.04 Å². The lowest BCUT2D eigenvalue weighted by atomic mass is 10.0. The summed E-state index contributed by atoms with van der Waals surface area (Å²) in [7, 11) is 1.67. The van der Waals surface area contributed by atoms with Crippen LogP contribution in [0.1, 0.15) is 20.8 Å². The molecule has 2 heterocycles. The van der Waals surface area contributed by atoms with Crippen molar-refractivity contribution in [3.05, 3.63) is 48.5 Å². The topological polar surface area (TPSA) is 61.7 Å². The van der Waals surface area contributed by atoms with Crippen LogP contribution in [0.4, 0.5) is 5.82 Å². The van der Waals surface area contributed by atoms with Crippen LogP contribution in [0.2, 0.25) is 0 Å². The molecule has 30 heavy (non-hydrogen) atoms. The third kappa shape index (κ3) is 4.25. The van der Waals surface area contributed by atoms with Gasteiger partial charge >= 0.3 is 0 Å². The molecule has 2 aromatic carbocycles. The first-order chi connectivity index (χ1) is 14.4. The maximum Gasteiger partial charge on any atom is 0.159 e. The Morgan fingerprint density at radius 1 is 1.03 bits per heavy atom. The number of aliphatic hydroxyl groups is 1. The lowest BCUT2D eigenvalue weighted by Crippen LogP contribution is -2.55. The Labute approximate surface area is 178 Å². The number of β-amino-alcohol motifs (C(OH)–C–C–N with tert-alkyl or cyclic N) is 1. The maximum absolute atomic E-state index is 10.2. The molecular formula is C24H30N4O2. The van der Waals surface area contributed by atoms with E-state index in [0.29, 0.717) is 6.54 Å². The van der Waals surface area contributed by atoms with Crippen LogP contribution in [0.15, 0.2) is 48.5 Å². The number of rotatable bonds is 5. The van der Waals surface area contributed by atoms with Crippen molar-refractivity contribution in [1.29, 1.82) is 0 Å². The zero-order chi connectivity index (χ0) is 21.3. The molecule has 1 unspecified atom stereocenters. The SMILES string of the molecule is COc1ccc(-c2nnc(N3CCN(CC(C)(C)O)CC3C)c3ccccc23)cc1. The van der Waals surface area contributed by atoms with Gasteiger partial charge in [0.05, 0.1) is 12.7 Å². The van der Waals surface area contributed by atoms with Crippen molar-refractivity contribution in [1.82, 2.24) is 15.1 Å². The molecule has 1 aliphatic heterocycles. The molecule has 0 amide bonds. The van der Waals surface area contributed by atoms with Gasteiger partial charge in [0.1, 0.15) is 11.4 Å². The van der Waals surface area contributed by atoms with Crippen molar-refractivity contribution in [2.45, 2.75) is 32.4 Å². The fraction of sp³-hybridized carbons (Fsp3) is 0.417. The summed E-state index contributed by atoms with van der Waals surface area (Å²) in [6.07, 6.45) is 0. The van der Waals surface area contributed by atoms with Crippen molar-refractivity contribution < 1.29 is 9.84 Å². The highest BCUT2D eigenvalue weighted by Gasteiger charge is 2.29. The Kier molecular flexibility index (Phi) is 5.62. The predicted octanol–water partition coefficient (Wildman–Crippen LogP) is 3.59. The molecule has 1 fully saturated rings. The van der Waals surface area contributed by atoms with E-state index in [1.807, 2.05) is 44.2 Å². The number of benzene rings is 2. The average molecular weight is 407 g/mol. The molecule has 1 N–H and O–H groups in total. The minimum atomic E-state index is -0.686. The van der Waals surface area contributed by atoms with Crippen molar-refractivity contribution >= 4 is 16.6 Å². The lowest BCUT2D eigenvalue weighted by molar-refractivity contribution is 0.0307. The molecule has 1 aliphatic rings. The standard InChI is InChI=1S/C24H30N4O2/c1-17-15-27(16-24(2,3)29)13-14-28(17)23-21-8-6-5-7-20(21)22(25-26-23)18-9-11-19(30-4)12-10-18/h5-12,17,29H,13-16H2,1-4H3. The molecule has 1 aromatic heterocycles. The number of aromatic nitrogens is 2. The van der Waals surface area contributed by atoms with Crippen LogP contribution >= 0.6 is 0 Å². The highest BCUT2D eigenvalue weighted by Crippen LogP contribution is 2.33. The number of fused-ring (bicyclic) bond motifs is 1. The molecule has 158 valence electrons. The van der Waals surface area contributed by atoms with E-state index >= 15 is 0 Å². The molecule has 6 nitrogen and oxygen atoms in total. The number of nitrogens with zero attached hydrogens (tertiary/aromatic N) is 4. The van der Waals surface area contributed by atoms with Crippen LogP contribution in [0.25, 0.3) is 22.0 Å². The summed E-state index contributed by atoms with van der Waals surface area (Å²) in [5.74, 6) is 1.75. The molecule has 0 aliphatic carbocycles. The predicted molar refractivity (Wildman–Crippen MR) is 121 cm³/mol. The first-order valence-electron chi connectivity index (χ1n) is 10.5. The second-order valence-electron chi connectivity index (χ2n) is 8.74. The van der Waals surface area contributed by atoms with Crippen LogP contribution in [0.5, 0.6) is 5.75 Å². The van der Waals surface area contributed by atoms with Gasteiger partial charge in [-0.2, -0.15) is 0 Å². The molecule has 0 radical (unpaired) electrons. The summed E-state index contributed by atoms with van der Waals surface area (Å²) >= 11 is 0. The molecule has 6 heteroatoms. The van der Waals surface area contributed by atoms with Crippen LogP contribution in [0, 0.1) is 0 Å². The van der Waals surface area contributed by atoms with E-state index in [9.17, 15) is 5.11 Å². The van der Waals surface area contributed by atoms with E-state index in [2.05, 4.69) is 45.1 Å². The van der Waals surface area contributed by atoms with Crippen molar-refractivity contribution in [2.75, 3.05) is 38.2 Å². The third-order valence-electron chi connectivity index (χ3n) is 5.63. The van der Waals surface area contributed by atoms with Crippen molar-refractivity contribution in [2.24, 2.45) is 0 Å². The molecule has 4 rings (SSSR count). The van der Waals surface area contributed by atoms with Gasteiger partial charge in [-0.3, -0.25) is 4.90 Å². The number of ether oxygens (including phenoxy) is 1. The Morgan fingerprint density at radius 2 is 1.73 bits per heavy atom. The number of hydrogen-bond donors (Lipinski definition) is 1. The van der Waals surface area contributed by atoms with E-state index in [0.717, 1.165) is 53.2 Å². The van der Waals surface area contributed by atoms with Crippen LogP contribution in [0.3, 0.4) is 0 Å². The fourth-order valence-corrected chi connectivity index (χ4v) is 4.30. The molecule has 1 saturated heterocycles.